The summed E-state index contributed by atoms with van der Waals surface area (Å²) in [6.45, 7) is 0. The van der Waals surface area contributed by atoms with Crippen molar-refractivity contribution in [3.05, 3.63) is 11.4 Å². The molecule has 0 unspecified atom stereocenters. The highest BCUT2D eigenvalue weighted by atomic mass is 15.2. The zero-order valence-electron chi connectivity index (χ0n) is 10.5. The van der Waals surface area contributed by atoms with Crippen molar-refractivity contribution >= 4 is 5.95 Å². The fourth-order valence-corrected chi connectivity index (χ4v) is 2.43. The minimum absolute atomic E-state index is 0.316. The topological polar surface area (TPSA) is 64.7 Å². The molecule has 0 radical (unpaired) electrons. The summed E-state index contributed by atoms with van der Waals surface area (Å²) in [4.78, 5) is 4.35. The fourth-order valence-electron chi connectivity index (χ4n) is 2.43. The average Bonchev–Trinajstić information content (AvgIpc) is 2.31. The maximum absolute atomic E-state index is 5.61. The van der Waals surface area contributed by atoms with Crippen LogP contribution in [0.4, 0.5) is 5.95 Å². The normalized spacial score (nSPS) is 18.8. The summed E-state index contributed by atoms with van der Waals surface area (Å²) in [6.07, 6.45) is 12.5. The van der Waals surface area contributed by atoms with Gasteiger partial charge in [-0.1, -0.05) is 38.5 Å². The number of nitrogen functional groups attached to an aromatic ring is 1. The van der Waals surface area contributed by atoms with Gasteiger partial charge in [0.25, 0.3) is 0 Å². The average molecular weight is 234 g/mol. The molecule has 0 aromatic carbocycles. The number of fused-ring (bicyclic) bond motifs is 1. The van der Waals surface area contributed by atoms with E-state index in [1.54, 1.807) is 0 Å². The van der Waals surface area contributed by atoms with Gasteiger partial charge in [0, 0.05) is 0 Å². The summed E-state index contributed by atoms with van der Waals surface area (Å²) in [5.74, 6) is 0.316. The van der Waals surface area contributed by atoms with E-state index in [2.05, 4.69) is 15.2 Å². The first kappa shape index (κ1) is 12.3. The van der Waals surface area contributed by atoms with Gasteiger partial charge in [0.05, 0.1) is 11.4 Å². The lowest BCUT2D eigenvalue weighted by Gasteiger charge is -2.09. The molecule has 2 rings (SSSR count). The Morgan fingerprint density at radius 3 is 1.82 bits per heavy atom. The zero-order valence-corrected chi connectivity index (χ0v) is 10.5. The van der Waals surface area contributed by atoms with Crippen LogP contribution in [0.5, 0.6) is 0 Å². The molecule has 1 aliphatic carbocycles. The molecule has 1 aliphatic rings. The van der Waals surface area contributed by atoms with Crippen LogP contribution in [0, 0.1) is 0 Å². The van der Waals surface area contributed by atoms with Crippen molar-refractivity contribution in [1.82, 2.24) is 15.2 Å². The van der Waals surface area contributed by atoms with E-state index < -0.39 is 0 Å². The van der Waals surface area contributed by atoms with Gasteiger partial charge in [0.2, 0.25) is 5.95 Å². The molecule has 0 aliphatic heterocycles. The van der Waals surface area contributed by atoms with Crippen molar-refractivity contribution in [3.63, 3.8) is 0 Å². The second-order valence-corrected chi connectivity index (χ2v) is 4.89. The first-order valence-electron chi connectivity index (χ1n) is 6.84. The molecule has 4 heteroatoms. The Morgan fingerprint density at radius 2 is 1.18 bits per heavy atom. The molecule has 0 saturated carbocycles. The molecular formula is C13H22N4. The van der Waals surface area contributed by atoms with E-state index in [4.69, 9.17) is 5.73 Å². The van der Waals surface area contributed by atoms with Crippen LogP contribution in [0.25, 0.3) is 0 Å². The molecule has 1 aromatic heterocycles. The Morgan fingerprint density at radius 1 is 0.647 bits per heavy atom. The van der Waals surface area contributed by atoms with E-state index >= 15 is 0 Å². The van der Waals surface area contributed by atoms with Gasteiger partial charge in [0.1, 0.15) is 0 Å². The van der Waals surface area contributed by atoms with Crippen LogP contribution >= 0.6 is 0 Å². The second-order valence-electron chi connectivity index (χ2n) is 4.89. The first-order chi connectivity index (χ1) is 8.36. The number of nitrogens with two attached hydrogens (primary N) is 1. The smallest absolute Gasteiger partial charge is 0.240 e. The van der Waals surface area contributed by atoms with Crippen LogP contribution in [0.15, 0.2) is 0 Å². The maximum atomic E-state index is 5.61. The van der Waals surface area contributed by atoms with Crippen molar-refractivity contribution in [2.24, 2.45) is 0 Å². The Hall–Kier alpha value is -1.19. The molecule has 0 amide bonds. The van der Waals surface area contributed by atoms with Gasteiger partial charge in [-0.3, -0.25) is 0 Å². The predicted molar refractivity (Wildman–Crippen MR) is 68.6 cm³/mol. The molecule has 0 spiro atoms. The summed E-state index contributed by atoms with van der Waals surface area (Å²) >= 11 is 0. The van der Waals surface area contributed by atoms with Crippen LogP contribution in [-0.2, 0) is 12.8 Å². The van der Waals surface area contributed by atoms with E-state index in [1.165, 1.54) is 51.4 Å². The number of nitrogens with zero attached hydrogens (tertiary/aromatic N) is 3. The van der Waals surface area contributed by atoms with Gasteiger partial charge in [-0.05, 0) is 25.7 Å². The highest BCUT2D eigenvalue weighted by molar-refractivity contribution is 5.19. The number of hydrogen-bond donors (Lipinski definition) is 1. The number of rotatable bonds is 0. The highest BCUT2D eigenvalue weighted by Crippen LogP contribution is 2.16. The minimum atomic E-state index is 0.316. The largest absolute Gasteiger partial charge is 0.366 e. The van der Waals surface area contributed by atoms with Gasteiger partial charge in [-0.2, -0.15) is 5.10 Å². The molecule has 0 bridgehead atoms. The SMILES string of the molecule is Nc1nnc2c(n1)CCCCCCCCCC2. The lowest BCUT2D eigenvalue weighted by atomic mass is 10.0. The second kappa shape index (κ2) is 6.52. The third-order valence-electron chi connectivity index (χ3n) is 3.43. The molecule has 0 saturated heterocycles. The molecule has 2 N–H and O–H groups in total. The quantitative estimate of drug-likeness (QED) is 0.749. The molecule has 17 heavy (non-hydrogen) atoms. The van der Waals surface area contributed by atoms with Crippen LogP contribution in [0.3, 0.4) is 0 Å². The third-order valence-corrected chi connectivity index (χ3v) is 3.43. The highest BCUT2D eigenvalue weighted by Gasteiger charge is 2.08. The number of aryl methyl sites for hydroxylation is 2. The Labute approximate surface area is 103 Å². The van der Waals surface area contributed by atoms with Crippen molar-refractivity contribution in [2.75, 3.05) is 5.73 Å². The Balaban J connectivity index is 2.05. The molecule has 4 nitrogen and oxygen atoms in total. The van der Waals surface area contributed by atoms with E-state index in [0.717, 1.165) is 24.2 Å². The van der Waals surface area contributed by atoms with E-state index in [0.29, 0.717) is 5.95 Å². The van der Waals surface area contributed by atoms with Gasteiger partial charge >= 0.3 is 0 Å². The summed E-state index contributed by atoms with van der Waals surface area (Å²) in [6, 6.07) is 0. The predicted octanol–water partition coefficient (Wildman–Crippen LogP) is 2.67. The van der Waals surface area contributed by atoms with E-state index in [1.807, 2.05) is 0 Å². The summed E-state index contributed by atoms with van der Waals surface area (Å²) in [5.41, 5.74) is 7.76. The first-order valence-corrected chi connectivity index (χ1v) is 6.84. The maximum Gasteiger partial charge on any atom is 0.240 e. The Bertz CT molecular complexity index is 351. The zero-order chi connectivity index (χ0) is 11.9. The summed E-state index contributed by atoms with van der Waals surface area (Å²) in [5, 5.41) is 8.09. The van der Waals surface area contributed by atoms with Crippen molar-refractivity contribution < 1.29 is 0 Å². The van der Waals surface area contributed by atoms with Gasteiger partial charge < -0.3 is 5.73 Å². The number of hydrogen-bond acceptors (Lipinski definition) is 4. The molecular weight excluding hydrogens is 212 g/mol. The third kappa shape index (κ3) is 3.95. The van der Waals surface area contributed by atoms with E-state index in [-0.39, 0.29) is 0 Å². The summed E-state index contributed by atoms with van der Waals surface area (Å²) < 4.78 is 0. The number of anilines is 1. The van der Waals surface area contributed by atoms with Crippen LogP contribution in [0.1, 0.15) is 62.8 Å². The lowest BCUT2D eigenvalue weighted by molar-refractivity contribution is 0.551. The minimum Gasteiger partial charge on any atom is -0.366 e. The van der Waals surface area contributed by atoms with Crippen molar-refractivity contribution in [2.45, 2.75) is 64.2 Å². The van der Waals surface area contributed by atoms with Gasteiger partial charge in [-0.25, -0.2) is 4.98 Å². The Kier molecular flexibility index (Phi) is 4.71. The molecule has 1 aromatic rings. The fraction of sp³-hybridized carbons (Fsp3) is 0.769. The molecule has 0 atom stereocenters. The van der Waals surface area contributed by atoms with Crippen molar-refractivity contribution in [3.8, 4) is 0 Å². The monoisotopic (exact) mass is 234 g/mol. The van der Waals surface area contributed by atoms with Crippen LogP contribution in [0.2, 0.25) is 0 Å². The molecule has 0 fully saturated rings. The van der Waals surface area contributed by atoms with Crippen LogP contribution in [-0.4, -0.2) is 15.2 Å². The molecule has 1 heterocycles. The number of aromatic nitrogens is 3. The molecule has 94 valence electrons. The van der Waals surface area contributed by atoms with Gasteiger partial charge in [0.15, 0.2) is 0 Å². The van der Waals surface area contributed by atoms with Crippen LogP contribution < -0.4 is 5.73 Å². The lowest BCUT2D eigenvalue weighted by Crippen LogP contribution is -2.08. The van der Waals surface area contributed by atoms with Crippen molar-refractivity contribution in [1.29, 1.82) is 0 Å². The van der Waals surface area contributed by atoms with E-state index in [9.17, 15) is 0 Å². The summed E-state index contributed by atoms with van der Waals surface area (Å²) in [7, 11) is 0. The van der Waals surface area contributed by atoms with Gasteiger partial charge in [-0.15, -0.1) is 5.10 Å². The standard InChI is InChI=1S/C13H22N4/c14-13-15-11-9-7-5-3-1-2-4-6-8-10-12(11)16-17-13/h1-10H2,(H2,14,15,17).